The molecule has 0 heterocycles. The van der Waals surface area contributed by atoms with Crippen molar-refractivity contribution in [1.82, 2.24) is 0 Å². The lowest BCUT2D eigenvalue weighted by Gasteiger charge is -2.16. The highest BCUT2D eigenvalue weighted by Gasteiger charge is 2.30. The lowest BCUT2D eigenvalue weighted by atomic mass is 10.2. The molecule has 4 nitrogen and oxygen atoms in total. The zero-order valence-corrected chi connectivity index (χ0v) is 12.5. The minimum absolute atomic E-state index is 0.308. The molecule has 8 heteroatoms. The standard InChI is InChI=1S/C16H14F4N2O2/c1-10(15(23)22-13-4-2-3-11(17)9-13)21-12-5-7-14(8-6-12)24-16(18,19)20/h2-10,21H,1H3,(H,22,23)/t10-/m1/s1. The maximum Gasteiger partial charge on any atom is 0.573 e. The monoisotopic (exact) mass is 342 g/mol. The third-order valence-electron chi connectivity index (χ3n) is 2.96. The Hall–Kier alpha value is -2.77. The van der Waals surface area contributed by atoms with Gasteiger partial charge in [0.05, 0.1) is 0 Å². The molecule has 24 heavy (non-hydrogen) atoms. The largest absolute Gasteiger partial charge is 0.573 e. The van der Waals surface area contributed by atoms with E-state index < -0.39 is 24.1 Å². The highest BCUT2D eigenvalue weighted by molar-refractivity contribution is 5.96. The van der Waals surface area contributed by atoms with Crippen LogP contribution in [-0.4, -0.2) is 18.3 Å². The lowest BCUT2D eigenvalue weighted by Crippen LogP contribution is -2.31. The summed E-state index contributed by atoms with van der Waals surface area (Å²) in [6.07, 6.45) is -4.76. The van der Waals surface area contributed by atoms with Gasteiger partial charge in [-0.1, -0.05) is 6.07 Å². The minimum atomic E-state index is -4.76. The Kier molecular flexibility index (Phi) is 5.28. The number of hydrogen-bond donors (Lipinski definition) is 2. The van der Waals surface area contributed by atoms with Crippen LogP contribution in [0.15, 0.2) is 48.5 Å². The number of anilines is 2. The van der Waals surface area contributed by atoms with E-state index in [2.05, 4.69) is 15.4 Å². The SMILES string of the molecule is C[C@@H](Nc1ccc(OC(F)(F)F)cc1)C(=O)Nc1cccc(F)c1. The maximum atomic E-state index is 13.1. The van der Waals surface area contributed by atoms with Gasteiger partial charge in [0.15, 0.2) is 0 Å². The van der Waals surface area contributed by atoms with Crippen LogP contribution in [0.1, 0.15) is 6.92 Å². The summed E-state index contributed by atoms with van der Waals surface area (Å²) in [5, 5.41) is 5.35. The van der Waals surface area contributed by atoms with Crippen molar-refractivity contribution in [2.45, 2.75) is 19.3 Å². The van der Waals surface area contributed by atoms with E-state index in [1.54, 1.807) is 6.92 Å². The topological polar surface area (TPSA) is 50.4 Å². The molecule has 2 aromatic rings. The molecule has 0 fully saturated rings. The summed E-state index contributed by atoms with van der Waals surface area (Å²) in [6, 6.07) is 9.71. The van der Waals surface area contributed by atoms with Gasteiger partial charge in [-0.2, -0.15) is 0 Å². The summed E-state index contributed by atoms with van der Waals surface area (Å²) in [6.45, 7) is 1.56. The van der Waals surface area contributed by atoms with E-state index in [1.165, 1.54) is 36.4 Å². The van der Waals surface area contributed by atoms with Crippen molar-refractivity contribution < 1.29 is 27.1 Å². The lowest BCUT2D eigenvalue weighted by molar-refractivity contribution is -0.274. The molecular weight excluding hydrogens is 328 g/mol. The maximum absolute atomic E-state index is 13.1. The van der Waals surface area contributed by atoms with Gasteiger partial charge in [0.25, 0.3) is 0 Å². The molecule has 0 radical (unpaired) electrons. The number of alkyl halides is 3. The predicted octanol–water partition coefficient (Wildman–Crippen LogP) is 4.16. The van der Waals surface area contributed by atoms with Gasteiger partial charge >= 0.3 is 6.36 Å². The summed E-state index contributed by atoms with van der Waals surface area (Å²) in [5.41, 5.74) is 0.744. The number of ether oxygens (including phenoxy) is 1. The fourth-order valence-electron chi connectivity index (χ4n) is 1.89. The predicted molar refractivity (Wildman–Crippen MR) is 81.2 cm³/mol. The normalized spacial score (nSPS) is 12.4. The third kappa shape index (κ3) is 5.45. The first-order valence-corrected chi connectivity index (χ1v) is 6.92. The molecule has 2 N–H and O–H groups in total. The average Bonchev–Trinajstić information content (AvgIpc) is 2.47. The number of carbonyl (C=O) groups excluding carboxylic acids is 1. The van der Waals surface area contributed by atoms with Crippen LogP contribution in [0.25, 0.3) is 0 Å². The molecular formula is C16H14F4N2O2. The second kappa shape index (κ2) is 7.20. The van der Waals surface area contributed by atoms with E-state index in [0.717, 1.165) is 12.1 Å². The van der Waals surface area contributed by atoms with E-state index in [9.17, 15) is 22.4 Å². The smallest absolute Gasteiger partial charge is 0.406 e. The van der Waals surface area contributed by atoms with Gasteiger partial charge in [-0.15, -0.1) is 13.2 Å². The third-order valence-corrected chi connectivity index (χ3v) is 2.96. The second-order valence-corrected chi connectivity index (χ2v) is 4.94. The van der Waals surface area contributed by atoms with Crippen molar-refractivity contribution in [2.75, 3.05) is 10.6 Å². The number of benzene rings is 2. The van der Waals surface area contributed by atoms with E-state index in [1.807, 2.05) is 0 Å². The van der Waals surface area contributed by atoms with Crippen molar-refractivity contribution in [3.8, 4) is 5.75 Å². The van der Waals surface area contributed by atoms with Crippen molar-refractivity contribution >= 4 is 17.3 Å². The molecule has 2 aromatic carbocycles. The Labute approximate surface area is 135 Å². The summed E-state index contributed by atoms with van der Waals surface area (Å²) < 4.78 is 53.0. The first-order chi connectivity index (χ1) is 11.2. The Morgan fingerprint density at radius 3 is 2.33 bits per heavy atom. The molecule has 0 spiro atoms. The van der Waals surface area contributed by atoms with E-state index in [4.69, 9.17) is 0 Å². The number of amides is 1. The Bertz CT molecular complexity index is 702. The Morgan fingerprint density at radius 2 is 1.75 bits per heavy atom. The average molecular weight is 342 g/mol. The van der Waals surface area contributed by atoms with Gasteiger partial charge in [-0.3, -0.25) is 4.79 Å². The number of nitrogens with one attached hydrogen (secondary N) is 2. The number of halogens is 4. The van der Waals surface area contributed by atoms with Crippen molar-refractivity contribution in [2.24, 2.45) is 0 Å². The molecule has 0 saturated carbocycles. The molecule has 0 unspecified atom stereocenters. The molecule has 0 aliphatic rings. The van der Waals surface area contributed by atoms with Gasteiger partial charge in [-0.05, 0) is 49.4 Å². The van der Waals surface area contributed by atoms with Crippen LogP contribution in [0.5, 0.6) is 5.75 Å². The molecule has 0 aromatic heterocycles. The van der Waals surface area contributed by atoms with Crippen LogP contribution >= 0.6 is 0 Å². The zero-order valence-electron chi connectivity index (χ0n) is 12.5. The highest BCUT2D eigenvalue weighted by atomic mass is 19.4. The van der Waals surface area contributed by atoms with Gasteiger partial charge in [0.1, 0.15) is 17.6 Å². The molecule has 0 aliphatic heterocycles. The Balaban J connectivity index is 1.93. The summed E-state index contributed by atoms with van der Waals surface area (Å²) in [7, 11) is 0. The fourth-order valence-corrected chi connectivity index (χ4v) is 1.89. The molecule has 0 bridgehead atoms. The molecule has 0 aliphatic carbocycles. The van der Waals surface area contributed by atoms with Crippen LogP contribution in [0.2, 0.25) is 0 Å². The van der Waals surface area contributed by atoms with E-state index in [0.29, 0.717) is 11.4 Å². The van der Waals surface area contributed by atoms with Gasteiger partial charge in [0, 0.05) is 11.4 Å². The Morgan fingerprint density at radius 1 is 1.08 bits per heavy atom. The summed E-state index contributed by atoms with van der Waals surface area (Å²) in [4.78, 5) is 12.0. The molecule has 128 valence electrons. The van der Waals surface area contributed by atoms with Crippen molar-refractivity contribution in [3.63, 3.8) is 0 Å². The highest BCUT2D eigenvalue weighted by Crippen LogP contribution is 2.24. The van der Waals surface area contributed by atoms with E-state index >= 15 is 0 Å². The zero-order chi connectivity index (χ0) is 17.7. The van der Waals surface area contributed by atoms with Crippen molar-refractivity contribution in [3.05, 3.63) is 54.3 Å². The van der Waals surface area contributed by atoms with Gasteiger partial charge in [0.2, 0.25) is 5.91 Å². The fraction of sp³-hybridized carbons (Fsp3) is 0.188. The summed E-state index contributed by atoms with van der Waals surface area (Å²) in [5.74, 6) is -1.25. The van der Waals surface area contributed by atoms with E-state index in [-0.39, 0.29) is 5.75 Å². The molecule has 0 saturated heterocycles. The molecule has 2 rings (SSSR count). The van der Waals surface area contributed by atoms with Crippen LogP contribution in [0.4, 0.5) is 28.9 Å². The van der Waals surface area contributed by atoms with Crippen LogP contribution < -0.4 is 15.4 Å². The van der Waals surface area contributed by atoms with Crippen LogP contribution in [0, 0.1) is 5.82 Å². The first-order valence-electron chi connectivity index (χ1n) is 6.92. The first kappa shape index (κ1) is 17.6. The van der Waals surface area contributed by atoms with Crippen LogP contribution in [0.3, 0.4) is 0 Å². The number of rotatable bonds is 5. The van der Waals surface area contributed by atoms with Crippen LogP contribution in [-0.2, 0) is 4.79 Å². The van der Waals surface area contributed by atoms with Gasteiger partial charge < -0.3 is 15.4 Å². The second-order valence-electron chi connectivity index (χ2n) is 4.94. The number of carbonyl (C=O) groups is 1. The molecule has 1 amide bonds. The quantitative estimate of drug-likeness (QED) is 0.802. The molecule has 1 atom stereocenters. The number of hydrogen-bond acceptors (Lipinski definition) is 3. The van der Waals surface area contributed by atoms with Crippen molar-refractivity contribution in [1.29, 1.82) is 0 Å². The summed E-state index contributed by atoms with van der Waals surface area (Å²) >= 11 is 0. The van der Waals surface area contributed by atoms with Gasteiger partial charge in [-0.25, -0.2) is 4.39 Å². The minimum Gasteiger partial charge on any atom is -0.406 e.